The first kappa shape index (κ1) is 31.8. The molecular weight excluding hydrogens is 566 g/mol. The topological polar surface area (TPSA) is 215 Å². The summed E-state index contributed by atoms with van der Waals surface area (Å²) in [4.78, 5) is 61.9. The first-order chi connectivity index (χ1) is 21.0. The predicted molar refractivity (Wildman–Crippen MR) is 162 cm³/mol. The first-order valence-electron chi connectivity index (χ1n) is 14.2. The van der Waals surface area contributed by atoms with E-state index in [0.717, 1.165) is 16.5 Å². The lowest BCUT2D eigenvalue weighted by Crippen LogP contribution is -2.59. The third-order valence-electron chi connectivity index (χ3n) is 7.30. The number of aromatic nitrogens is 3. The van der Waals surface area contributed by atoms with E-state index < -0.39 is 47.9 Å². The zero-order chi connectivity index (χ0) is 31.8. The minimum Gasteiger partial charge on any atom is -0.508 e. The van der Waals surface area contributed by atoms with Gasteiger partial charge in [0.05, 0.1) is 12.4 Å². The summed E-state index contributed by atoms with van der Waals surface area (Å²) in [6.45, 7) is 3.49. The van der Waals surface area contributed by atoms with Crippen molar-refractivity contribution in [2.24, 2.45) is 11.7 Å². The van der Waals surface area contributed by atoms with E-state index >= 15 is 0 Å². The Bertz CT molecular complexity index is 1580. The van der Waals surface area contributed by atoms with Gasteiger partial charge in [-0.1, -0.05) is 44.2 Å². The third-order valence-corrected chi connectivity index (χ3v) is 7.30. The molecule has 3 amide bonds. The van der Waals surface area contributed by atoms with Crippen LogP contribution in [0.3, 0.4) is 0 Å². The molecule has 0 spiro atoms. The van der Waals surface area contributed by atoms with Gasteiger partial charge in [-0.25, -0.2) is 9.78 Å². The maximum atomic E-state index is 13.5. The van der Waals surface area contributed by atoms with Crippen molar-refractivity contribution >= 4 is 34.6 Å². The number of aromatic hydroxyl groups is 1. The number of imidazole rings is 1. The summed E-state index contributed by atoms with van der Waals surface area (Å²) in [5.74, 6) is -3.51. The number of carboxylic acid groups (broad SMARTS) is 1. The Labute approximate surface area is 253 Å². The lowest BCUT2D eigenvalue weighted by molar-refractivity contribution is -0.142. The van der Waals surface area contributed by atoms with Crippen molar-refractivity contribution in [2.45, 2.75) is 57.3 Å². The second kappa shape index (κ2) is 14.3. The monoisotopic (exact) mass is 603 g/mol. The summed E-state index contributed by atoms with van der Waals surface area (Å²) in [5, 5.41) is 28.3. The van der Waals surface area contributed by atoms with Crippen LogP contribution in [0.1, 0.15) is 30.7 Å². The van der Waals surface area contributed by atoms with Crippen molar-refractivity contribution in [1.82, 2.24) is 30.9 Å². The number of carbonyl (C=O) groups excluding carboxylic acids is 3. The third kappa shape index (κ3) is 8.22. The molecule has 2 heterocycles. The summed E-state index contributed by atoms with van der Waals surface area (Å²) in [6.07, 6.45) is 4.83. The van der Waals surface area contributed by atoms with Crippen LogP contribution in [0.25, 0.3) is 10.9 Å². The van der Waals surface area contributed by atoms with Crippen molar-refractivity contribution in [3.05, 3.63) is 84.1 Å². The molecule has 0 aliphatic rings. The molecule has 0 saturated carbocycles. The highest BCUT2D eigenvalue weighted by Gasteiger charge is 2.32. The lowest BCUT2D eigenvalue weighted by Gasteiger charge is -2.27. The first-order valence-corrected chi connectivity index (χ1v) is 14.2. The maximum Gasteiger partial charge on any atom is 0.326 e. The van der Waals surface area contributed by atoms with E-state index in [1.807, 2.05) is 24.3 Å². The highest BCUT2D eigenvalue weighted by molar-refractivity contribution is 5.94. The van der Waals surface area contributed by atoms with Gasteiger partial charge >= 0.3 is 5.97 Å². The number of phenols is 1. The fraction of sp³-hybridized carbons (Fsp3) is 0.323. The van der Waals surface area contributed by atoms with Gasteiger partial charge in [-0.15, -0.1) is 0 Å². The molecule has 0 aliphatic heterocycles. The number of H-pyrrole nitrogens is 2. The standard InChI is InChI=1S/C31H37N7O6/c1-17(2)27(38-28(40)23(32)12-19-14-34-24-6-4-3-5-22(19)24)30(42)36-25(11-18-7-9-21(39)10-8-18)29(41)37-26(31(43)44)13-20-15-33-16-35-20/h3-10,14-17,23,25-27,34,39H,11-13,32H2,1-2H3,(H,33,35)(H,36,42)(H,37,41)(H,38,40)(H,43,44). The number of rotatable bonds is 14. The van der Waals surface area contributed by atoms with E-state index in [2.05, 4.69) is 30.9 Å². The van der Waals surface area contributed by atoms with Crippen LogP contribution >= 0.6 is 0 Å². The molecule has 2 aromatic carbocycles. The largest absolute Gasteiger partial charge is 0.508 e. The molecular formula is C31H37N7O6. The van der Waals surface area contributed by atoms with Crippen molar-refractivity contribution in [2.75, 3.05) is 0 Å². The lowest BCUT2D eigenvalue weighted by atomic mass is 9.99. The van der Waals surface area contributed by atoms with E-state index in [0.29, 0.717) is 11.3 Å². The van der Waals surface area contributed by atoms with Gasteiger partial charge in [0.1, 0.15) is 23.9 Å². The van der Waals surface area contributed by atoms with Crippen LogP contribution in [0.15, 0.2) is 67.3 Å². The Hall–Kier alpha value is -5.17. The molecule has 0 bridgehead atoms. The van der Waals surface area contributed by atoms with Crippen LogP contribution in [0, 0.1) is 5.92 Å². The molecule has 4 atom stereocenters. The van der Waals surface area contributed by atoms with Crippen LogP contribution < -0.4 is 21.7 Å². The van der Waals surface area contributed by atoms with Gasteiger partial charge in [0, 0.05) is 41.8 Å². The summed E-state index contributed by atoms with van der Waals surface area (Å²) >= 11 is 0. The number of hydrogen-bond acceptors (Lipinski definition) is 7. The van der Waals surface area contributed by atoms with Gasteiger partial charge in [-0.05, 0) is 41.7 Å². The molecule has 0 saturated heterocycles. The number of aliphatic carboxylic acids is 1. The minimum atomic E-state index is -1.30. The van der Waals surface area contributed by atoms with Crippen LogP contribution in [0.5, 0.6) is 5.75 Å². The zero-order valence-corrected chi connectivity index (χ0v) is 24.4. The molecule has 44 heavy (non-hydrogen) atoms. The molecule has 0 radical (unpaired) electrons. The van der Waals surface area contributed by atoms with Crippen molar-refractivity contribution in [1.29, 1.82) is 0 Å². The molecule has 13 nitrogen and oxygen atoms in total. The summed E-state index contributed by atoms with van der Waals surface area (Å²) in [6, 6.07) is 9.22. The minimum absolute atomic E-state index is 0.00686. The number of aromatic amines is 2. The Kier molecular flexibility index (Phi) is 10.3. The number of benzene rings is 2. The van der Waals surface area contributed by atoms with Crippen LogP contribution in [-0.2, 0) is 38.4 Å². The number of carbonyl (C=O) groups is 4. The van der Waals surface area contributed by atoms with E-state index in [-0.39, 0.29) is 30.9 Å². The molecule has 4 rings (SSSR count). The quantitative estimate of drug-likeness (QED) is 0.104. The predicted octanol–water partition coefficient (Wildman–Crippen LogP) is 1.15. The molecule has 2 aromatic heterocycles. The second-order valence-corrected chi connectivity index (χ2v) is 11.0. The van der Waals surface area contributed by atoms with E-state index in [1.165, 1.54) is 24.7 Å². The summed E-state index contributed by atoms with van der Waals surface area (Å²) in [7, 11) is 0. The molecule has 0 aliphatic carbocycles. The van der Waals surface area contributed by atoms with Crippen LogP contribution in [0.4, 0.5) is 0 Å². The van der Waals surface area contributed by atoms with Gasteiger partial charge in [0.2, 0.25) is 17.7 Å². The van der Waals surface area contributed by atoms with Crippen molar-refractivity contribution < 1.29 is 29.4 Å². The average molecular weight is 604 g/mol. The molecule has 13 heteroatoms. The highest BCUT2D eigenvalue weighted by atomic mass is 16.4. The van der Waals surface area contributed by atoms with Crippen molar-refractivity contribution in [3.63, 3.8) is 0 Å². The molecule has 4 aromatic rings. The number of amides is 3. The number of nitrogens with one attached hydrogen (secondary N) is 5. The number of para-hydroxylation sites is 1. The molecule has 4 unspecified atom stereocenters. The number of carboxylic acids is 1. The van der Waals surface area contributed by atoms with E-state index in [1.54, 1.807) is 32.2 Å². The van der Waals surface area contributed by atoms with Gasteiger partial charge in [-0.2, -0.15) is 0 Å². The Balaban J connectivity index is 1.47. The van der Waals surface area contributed by atoms with Gasteiger partial charge in [0.15, 0.2) is 0 Å². The second-order valence-electron chi connectivity index (χ2n) is 11.0. The summed E-state index contributed by atoms with van der Waals surface area (Å²) < 4.78 is 0. The number of fused-ring (bicyclic) bond motifs is 1. The Morgan fingerprint density at radius 1 is 0.864 bits per heavy atom. The molecule has 232 valence electrons. The van der Waals surface area contributed by atoms with Crippen molar-refractivity contribution in [3.8, 4) is 5.75 Å². The van der Waals surface area contributed by atoms with E-state index in [4.69, 9.17) is 5.73 Å². The van der Waals surface area contributed by atoms with Crippen LogP contribution in [0.2, 0.25) is 0 Å². The Morgan fingerprint density at radius 2 is 1.57 bits per heavy atom. The zero-order valence-electron chi connectivity index (χ0n) is 24.4. The number of nitrogens with zero attached hydrogens (tertiary/aromatic N) is 1. The normalized spacial score (nSPS) is 14.0. The molecule has 9 N–H and O–H groups in total. The number of phenolic OH excluding ortho intramolecular Hbond substituents is 1. The number of nitrogens with two attached hydrogens (primary N) is 1. The molecule has 0 fully saturated rings. The van der Waals surface area contributed by atoms with Crippen LogP contribution in [-0.4, -0.2) is 73.0 Å². The van der Waals surface area contributed by atoms with Gasteiger partial charge < -0.3 is 41.9 Å². The van der Waals surface area contributed by atoms with Gasteiger partial charge in [-0.3, -0.25) is 14.4 Å². The average Bonchev–Trinajstić information content (AvgIpc) is 3.66. The fourth-order valence-corrected chi connectivity index (χ4v) is 4.85. The smallest absolute Gasteiger partial charge is 0.326 e. The summed E-state index contributed by atoms with van der Waals surface area (Å²) in [5.41, 5.74) is 9.14. The Morgan fingerprint density at radius 3 is 2.23 bits per heavy atom. The highest BCUT2D eigenvalue weighted by Crippen LogP contribution is 2.19. The maximum absolute atomic E-state index is 13.5. The fourth-order valence-electron chi connectivity index (χ4n) is 4.85. The van der Waals surface area contributed by atoms with Gasteiger partial charge in [0.25, 0.3) is 0 Å². The number of hydrogen-bond donors (Lipinski definition) is 8. The SMILES string of the molecule is CC(C)C(NC(=O)C(N)Cc1c[nH]c2ccccc12)C(=O)NC(Cc1ccc(O)cc1)C(=O)NC(Cc1cnc[nH]1)C(=O)O. The van der Waals surface area contributed by atoms with E-state index in [9.17, 15) is 29.4 Å².